The van der Waals surface area contributed by atoms with Crippen LogP contribution in [0.25, 0.3) is 0 Å². The number of likely N-dealkylation sites (N-methyl/N-ethyl adjacent to an activating group) is 1. The second kappa shape index (κ2) is 9.09. The summed E-state index contributed by atoms with van der Waals surface area (Å²) < 4.78 is 5.30. The average molecular weight is 381 g/mol. The van der Waals surface area contributed by atoms with Crippen molar-refractivity contribution in [1.29, 1.82) is 0 Å². The van der Waals surface area contributed by atoms with Crippen LogP contribution in [0.2, 0.25) is 10.0 Å². The normalized spacial score (nSPS) is 12.1. The molecule has 4 nitrogen and oxygen atoms in total. The molecule has 0 aliphatic carbocycles. The molecule has 2 aromatic carbocycles. The minimum atomic E-state index is -0.315. The number of hydrogen-bond donors (Lipinski definition) is 1. The molecule has 134 valence electrons. The summed E-state index contributed by atoms with van der Waals surface area (Å²) in [5, 5.41) is 3.99. The zero-order valence-electron chi connectivity index (χ0n) is 14.6. The number of para-hydroxylation sites is 1. The third-order valence-corrected chi connectivity index (χ3v) is 5.00. The van der Waals surface area contributed by atoms with Crippen molar-refractivity contribution in [2.75, 3.05) is 14.2 Å². The van der Waals surface area contributed by atoms with Crippen molar-refractivity contribution in [3.8, 4) is 5.75 Å². The molecule has 1 atom stereocenters. The second-order valence-corrected chi connectivity index (χ2v) is 6.62. The lowest BCUT2D eigenvalue weighted by molar-refractivity contribution is -0.125. The first-order valence-corrected chi connectivity index (χ1v) is 8.72. The highest BCUT2D eigenvalue weighted by atomic mass is 35.5. The van der Waals surface area contributed by atoms with Crippen molar-refractivity contribution in [2.24, 2.45) is 0 Å². The first kappa shape index (κ1) is 19.6. The van der Waals surface area contributed by atoms with E-state index in [0.717, 1.165) is 16.9 Å². The van der Waals surface area contributed by atoms with Gasteiger partial charge >= 0.3 is 0 Å². The van der Waals surface area contributed by atoms with E-state index in [1.807, 2.05) is 55.3 Å². The predicted molar refractivity (Wildman–Crippen MR) is 102 cm³/mol. The fourth-order valence-corrected chi connectivity index (χ4v) is 2.84. The van der Waals surface area contributed by atoms with E-state index < -0.39 is 0 Å². The summed E-state index contributed by atoms with van der Waals surface area (Å²) >= 11 is 12.3. The summed E-state index contributed by atoms with van der Waals surface area (Å²) in [6.07, 6.45) is 0. The fraction of sp³-hybridized carbons (Fsp3) is 0.316. The van der Waals surface area contributed by atoms with Crippen molar-refractivity contribution in [3.63, 3.8) is 0 Å². The standard InChI is InChI=1S/C19H22Cl2N2O2/c1-13(23(2)12-15-8-6-9-16(20)18(15)21)19(24)22-11-14-7-4-5-10-17(14)25-3/h4-10,13H,11-12H2,1-3H3,(H,22,24). The zero-order chi connectivity index (χ0) is 18.4. The molecule has 1 amide bonds. The van der Waals surface area contributed by atoms with Gasteiger partial charge < -0.3 is 10.1 Å². The largest absolute Gasteiger partial charge is 0.496 e. The highest BCUT2D eigenvalue weighted by molar-refractivity contribution is 6.42. The molecule has 6 heteroatoms. The first-order chi connectivity index (χ1) is 11.9. The van der Waals surface area contributed by atoms with E-state index in [9.17, 15) is 4.79 Å². The van der Waals surface area contributed by atoms with Crippen LogP contribution in [-0.2, 0) is 17.9 Å². The smallest absolute Gasteiger partial charge is 0.237 e. The van der Waals surface area contributed by atoms with Crippen LogP contribution < -0.4 is 10.1 Å². The summed E-state index contributed by atoms with van der Waals surface area (Å²) in [6, 6.07) is 12.8. The molecule has 0 fully saturated rings. The van der Waals surface area contributed by atoms with Crippen LogP contribution in [0.5, 0.6) is 5.75 Å². The topological polar surface area (TPSA) is 41.6 Å². The van der Waals surface area contributed by atoms with E-state index in [-0.39, 0.29) is 11.9 Å². The lowest BCUT2D eigenvalue weighted by atomic mass is 10.1. The highest BCUT2D eigenvalue weighted by Gasteiger charge is 2.19. The number of carbonyl (C=O) groups is 1. The minimum absolute atomic E-state index is 0.0634. The molecule has 0 aromatic heterocycles. The van der Waals surface area contributed by atoms with Gasteiger partial charge in [0.05, 0.1) is 23.2 Å². The van der Waals surface area contributed by atoms with Crippen LogP contribution >= 0.6 is 23.2 Å². The van der Waals surface area contributed by atoms with Crippen LogP contribution in [0.4, 0.5) is 0 Å². The molecular formula is C19H22Cl2N2O2. The Morgan fingerprint density at radius 1 is 1.16 bits per heavy atom. The molecule has 1 N–H and O–H groups in total. The Kier molecular flexibility index (Phi) is 7.12. The molecule has 0 spiro atoms. The summed E-state index contributed by atoms with van der Waals surface area (Å²) in [6.45, 7) is 2.80. The minimum Gasteiger partial charge on any atom is -0.496 e. The summed E-state index contributed by atoms with van der Waals surface area (Å²) in [4.78, 5) is 14.4. The Balaban J connectivity index is 1.95. The van der Waals surface area contributed by atoms with Gasteiger partial charge in [-0.25, -0.2) is 0 Å². The maximum absolute atomic E-state index is 12.4. The van der Waals surface area contributed by atoms with Crippen LogP contribution in [0.15, 0.2) is 42.5 Å². The number of amides is 1. The molecule has 0 saturated heterocycles. The predicted octanol–water partition coefficient (Wildman–Crippen LogP) is 4.14. The van der Waals surface area contributed by atoms with Gasteiger partial charge in [0, 0.05) is 18.7 Å². The molecule has 0 aliphatic rings. The van der Waals surface area contributed by atoms with Crippen molar-refractivity contribution in [2.45, 2.75) is 26.1 Å². The summed E-state index contributed by atoms with van der Waals surface area (Å²) in [7, 11) is 3.50. The molecule has 2 aromatic rings. The van der Waals surface area contributed by atoms with Gasteiger partial charge in [0.1, 0.15) is 5.75 Å². The number of nitrogens with one attached hydrogen (secondary N) is 1. The lowest BCUT2D eigenvalue weighted by Crippen LogP contribution is -2.42. The van der Waals surface area contributed by atoms with Crippen LogP contribution in [-0.4, -0.2) is 31.0 Å². The van der Waals surface area contributed by atoms with Crippen LogP contribution in [0, 0.1) is 0 Å². The maximum Gasteiger partial charge on any atom is 0.237 e. The number of nitrogens with zero attached hydrogens (tertiary/aromatic N) is 1. The Bertz CT molecular complexity index is 737. The van der Waals surface area contributed by atoms with E-state index in [4.69, 9.17) is 27.9 Å². The third kappa shape index (κ3) is 5.11. The third-order valence-electron chi connectivity index (χ3n) is 4.14. The Morgan fingerprint density at radius 2 is 1.84 bits per heavy atom. The summed E-state index contributed by atoms with van der Waals surface area (Å²) in [5.74, 6) is 0.695. The number of ether oxygens (including phenoxy) is 1. The fourth-order valence-electron chi connectivity index (χ4n) is 2.46. The highest BCUT2D eigenvalue weighted by Crippen LogP contribution is 2.26. The van der Waals surface area contributed by atoms with Crippen molar-refractivity contribution in [1.82, 2.24) is 10.2 Å². The van der Waals surface area contributed by atoms with E-state index in [2.05, 4.69) is 5.32 Å². The number of methoxy groups -OCH3 is 1. The number of benzene rings is 2. The van der Waals surface area contributed by atoms with Gasteiger partial charge in [-0.05, 0) is 31.7 Å². The van der Waals surface area contributed by atoms with Crippen LogP contribution in [0.1, 0.15) is 18.1 Å². The molecule has 0 radical (unpaired) electrons. The van der Waals surface area contributed by atoms with Crippen LogP contribution in [0.3, 0.4) is 0 Å². The van der Waals surface area contributed by atoms with Gasteiger partial charge in [-0.1, -0.05) is 53.5 Å². The lowest BCUT2D eigenvalue weighted by Gasteiger charge is -2.24. The zero-order valence-corrected chi connectivity index (χ0v) is 16.1. The Morgan fingerprint density at radius 3 is 2.56 bits per heavy atom. The molecule has 0 heterocycles. The molecule has 25 heavy (non-hydrogen) atoms. The summed E-state index contributed by atoms with van der Waals surface area (Å²) in [5.41, 5.74) is 1.83. The quantitative estimate of drug-likeness (QED) is 0.784. The van der Waals surface area contributed by atoms with E-state index >= 15 is 0 Å². The van der Waals surface area contributed by atoms with Crippen molar-refractivity contribution in [3.05, 3.63) is 63.6 Å². The monoisotopic (exact) mass is 380 g/mol. The number of carbonyl (C=O) groups excluding carboxylic acids is 1. The molecule has 0 bridgehead atoms. The van der Waals surface area contributed by atoms with Gasteiger partial charge in [0.25, 0.3) is 0 Å². The van der Waals surface area contributed by atoms with Gasteiger partial charge in [-0.2, -0.15) is 0 Å². The van der Waals surface area contributed by atoms with Crippen molar-refractivity contribution < 1.29 is 9.53 Å². The Hall–Kier alpha value is -1.75. The number of halogens is 2. The van der Waals surface area contributed by atoms with Gasteiger partial charge in [-0.3, -0.25) is 9.69 Å². The van der Waals surface area contributed by atoms with E-state index in [0.29, 0.717) is 23.1 Å². The molecule has 2 rings (SSSR count). The SMILES string of the molecule is COc1ccccc1CNC(=O)C(C)N(C)Cc1cccc(Cl)c1Cl. The maximum atomic E-state index is 12.4. The molecular weight excluding hydrogens is 359 g/mol. The first-order valence-electron chi connectivity index (χ1n) is 7.96. The van der Waals surface area contributed by atoms with E-state index in [1.165, 1.54) is 0 Å². The molecule has 0 saturated carbocycles. The Labute approximate surface area is 158 Å². The van der Waals surface area contributed by atoms with Gasteiger partial charge in [-0.15, -0.1) is 0 Å². The molecule has 1 unspecified atom stereocenters. The number of rotatable bonds is 7. The van der Waals surface area contributed by atoms with E-state index in [1.54, 1.807) is 13.2 Å². The number of hydrogen-bond acceptors (Lipinski definition) is 3. The van der Waals surface area contributed by atoms with Gasteiger partial charge in [0.2, 0.25) is 5.91 Å². The van der Waals surface area contributed by atoms with Gasteiger partial charge in [0.15, 0.2) is 0 Å². The molecule has 0 aliphatic heterocycles. The second-order valence-electron chi connectivity index (χ2n) is 5.83. The average Bonchev–Trinajstić information content (AvgIpc) is 2.62. The van der Waals surface area contributed by atoms with Crippen molar-refractivity contribution >= 4 is 29.1 Å².